The Bertz CT molecular complexity index is 670. The summed E-state index contributed by atoms with van der Waals surface area (Å²) >= 11 is 0. The molecule has 5 nitrogen and oxygen atoms in total. The van der Waals surface area contributed by atoms with Crippen LogP contribution in [0.5, 0.6) is 0 Å². The molecule has 1 aromatic heterocycles. The van der Waals surface area contributed by atoms with Gasteiger partial charge < -0.3 is 4.90 Å². The van der Waals surface area contributed by atoms with Gasteiger partial charge in [0.25, 0.3) is 0 Å². The zero-order valence-corrected chi connectivity index (χ0v) is 16.1. The topological polar surface area (TPSA) is 41.4 Å². The summed E-state index contributed by atoms with van der Waals surface area (Å²) in [4.78, 5) is 17.8. The minimum absolute atomic E-state index is 0.108. The maximum Gasteiger partial charge on any atom is 0.229 e. The Hall–Kier alpha value is -1.36. The van der Waals surface area contributed by atoms with E-state index in [9.17, 15) is 4.79 Å². The Morgan fingerprint density at radius 3 is 2.27 bits per heavy atom. The average Bonchev–Trinajstić information content (AvgIpc) is 3.55. The van der Waals surface area contributed by atoms with Crippen LogP contribution in [0.1, 0.15) is 57.1 Å². The Morgan fingerprint density at radius 1 is 1.08 bits per heavy atom. The highest BCUT2D eigenvalue weighted by molar-refractivity contribution is 5.86. The number of rotatable bonds is 4. The zero-order chi connectivity index (χ0) is 17.8. The van der Waals surface area contributed by atoms with Crippen LogP contribution in [-0.4, -0.2) is 51.7 Å². The molecule has 1 aromatic rings. The number of carbonyl (C=O) groups excluding carboxylic acids is 1. The van der Waals surface area contributed by atoms with Crippen molar-refractivity contribution in [1.82, 2.24) is 19.6 Å². The highest BCUT2D eigenvalue weighted by Gasteiger charge is 2.60. The van der Waals surface area contributed by atoms with Crippen molar-refractivity contribution in [3.63, 3.8) is 0 Å². The number of piperidine rings is 2. The fourth-order valence-corrected chi connectivity index (χ4v) is 5.53. The minimum Gasteiger partial charge on any atom is -0.342 e. The predicted octanol–water partition coefficient (Wildman–Crippen LogP) is 2.81. The van der Waals surface area contributed by atoms with Gasteiger partial charge in [-0.2, -0.15) is 5.10 Å². The van der Waals surface area contributed by atoms with Crippen molar-refractivity contribution in [1.29, 1.82) is 0 Å². The number of likely N-dealkylation sites (tertiary alicyclic amines) is 2. The van der Waals surface area contributed by atoms with Gasteiger partial charge in [0.05, 0.1) is 11.1 Å². The van der Waals surface area contributed by atoms with E-state index in [0.29, 0.717) is 11.3 Å². The lowest BCUT2D eigenvalue weighted by atomic mass is 9.71. The largest absolute Gasteiger partial charge is 0.342 e. The molecule has 4 fully saturated rings. The fourth-order valence-electron chi connectivity index (χ4n) is 5.53. The van der Waals surface area contributed by atoms with Crippen molar-refractivity contribution in [2.24, 2.45) is 23.8 Å². The molecular formula is C21H32N4O. The number of nitrogens with zero attached hydrogens (tertiary/aromatic N) is 4. The second kappa shape index (κ2) is 6.08. The van der Waals surface area contributed by atoms with Crippen molar-refractivity contribution >= 4 is 5.91 Å². The Morgan fingerprint density at radius 2 is 1.73 bits per heavy atom. The van der Waals surface area contributed by atoms with E-state index in [0.717, 1.165) is 25.6 Å². The molecule has 142 valence electrons. The number of aryl methyl sites for hydroxylation is 1. The highest BCUT2D eigenvalue weighted by Crippen LogP contribution is 2.62. The molecule has 5 rings (SSSR count). The van der Waals surface area contributed by atoms with Gasteiger partial charge in [-0.15, -0.1) is 0 Å². The van der Waals surface area contributed by atoms with Crippen LogP contribution < -0.4 is 0 Å². The Balaban J connectivity index is 1.13. The minimum atomic E-state index is 0.108. The lowest BCUT2D eigenvalue weighted by molar-refractivity contribution is -0.140. The van der Waals surface area contributed by atoms with Crippen LogP contribution >= 0.6 is 0 Å². The molecule has 0 radical (unpaired) electrons. The molecule has 2 saturated heterocycles. The van der Waals surface area contributed by atoms with Crippen molar-refractivity contribution < 1.29 is 4.79 Å². The number of hydrogen-bond acceptors (Lipinski definition) is 3. The van der Waals surface area contributed by atoms with Crippen LogP contribution in [0.15, 0.2) is 12.3 Å². The van der Waals surface area contributed by atoms with Gasteiger partial charge in [-0.05, 0) is 81.9 Å². The van der Waals surface area contributed by atoms with Crippen LogP contribution in [0.25, 0.3) is 0 Å². The lowest BCUT2D eigenvalue weighted by Crippen LogP contribution is -2.49. The molecule has 0 bridgehead atoms. The summed E-state index contributed by atoms with van der Waals surface area (Å²) in [7, 11) is 1.98. The summed E-state index contributed by atoms with van der Waals surface area (Å²) in [6.45, 7) is 5.35. The standard InChI is InChI=1S/C21H32N4O/c1-23-11-4-18(22-23)16-24-12-7-20(8-13-24)9-14-25(15-10-20)19(26)21(5-6-21)17-2-3-17/h4,11,17H,2-3,5-10,12-16H2,1H3. The third kappa shape index (κ3) is 2.98. The Kier molecular flexibility index (Phi) is 3.93. The first-order chi connectivity index (χ1) is 12.6. The quantitative estimate of drug-likeness (QED) is 0.833. The first kappa shape index (κ1) is 16.8. The summed E-state index contributed by atoms with van der Waals surface area (Å²) in [5.74, 6) is 1.25. The molecule has 0 N–H and O–H groups in total. The summed E-state index contributed by atoms with van der Waals surface area (Å²) in [5.41, 5.74) is 1.78. The predicted molar refractivity (Wildman–Crippen MR) is 100 cm³/mol. The molecular weight excluding hydrogens is 324 g/mol. The second-order valence-electron chi connectivity index (χ2n) is 9.48. The molecule has 0 atom stereocenters. The third-order valence-corrected chi connectivity index (χ3v) is 7.76. The number of aromatic nitrogens is 2. The van der Waals surface area contributed by atoms with Gasteiger partial charge in [0.2, 0.25) is 5.91 Å². The van der Waals surface area contributed by atoms with E-state index >= 15 is 0 Å². The number of carbonyl (C=O) groups is 1. The van der Waals surface area contributed by atoms with E-state index in [1.807, 2.05) is 17.9 Å². The molecule has 0 aromatic carbocycles. The van der Waals surface area contributed by atoms with E-state index in [1.165, 1.54) is 70.2 Å². The molecule has 2 saturated carbocycles. The summed E-state index contributed by atoms with van der Waals surface area (Å²) < 4.78 is 1.89. The van der Waals surface area contributed by atoms with Crippen LogP contribution in [0, 0.1) is 16.7 Å². The number of amides is 1. The van der Waals surface area contributed by atoms with E-state index in [-0.39, 0.29) is 5.41 Å². The van der Waals surface area contributed by atoms with Gasteiger partial charge in [0, 0.05) is 32.9 Å². The Labute approximate surface area is 156 Å². The van der Waals surface area contributed by atoms with Gasteiger partial charge in [0.15, 0.2) is 0 Å². The van der Waals surface area contributed by atoms with E-state index in [4.69, 9.17) is 0 Å². The van der Waals surface area contributed by atoms with Crippen molar-refractivity contribution in [3.8, 4) is 0 Å². The smallest absolute Gasteiger partial charge is 0.229 e. The number of hydrogen-bond donors (Lipinski definition) is 0. The average molecular weight is 357 g/mol. The molecule has 3 heterocycles. The van der Waals surface area contributed by atoms with Gasteiger partial charge >= 0.3 is 0 Å². The monoisotopic (exact) mass is 356 g/mol. The van der Waals surface area contributed by atoms with Gasteiger partial charge in [-0.3, -0.25) is 14.4 Å². The van der Waals surface area contributed by atoms with E-state index < -0.39 is 0 Å². The third-order valence-electron chi connectivity index (χ3n) is 7.76. The summed E-state index contributed by atoms with van der Waals surface area (Å²) in [5, 5.41) is 4.52. The van der Waals surface area contributed by atoms with Crippen molar-refractivity contribution in [2.75, 3.05) is 26.2 Å². The molecule has 4 aliphatic rings. The first-order valence-corrected chi connectivity index (χ1v) is 10.6. The molecule has 26 heavy (non-hydrogen) atoms. The maximum atomic E-state index is 13.0. The molecule has 2 aliphatic heterocycles. The second-order valence-corrected chi connectivity index (χ2v) is 9.48. The lowest BCUT2D eigenvalue weighted by Gasteiger charge is -2.47. The molecule has 5 heteroatoms. The van der Waals surface area contributed by atoms with Gasteiger partial charge in [0.1, 0.15) is 0 Å². The van der Waals surface area contributed by atoms with Gasteiger partial charge in [-0.1, -0.05) is 0 Å². The van der Waals surface area contributed by atoms with Gasteiger partial charge in [-0.25, -0.2) is 0 Å². The van der Waals surface area contributed by atoms with Crippen LogP contribution in [-0.2, 0) is 18.4 Å². The van der Waals surface area contributed by atoms with Crippen molar-refractivity contribution in [2.45, 2.75) is 57.9 Å². The zero-order valence-electron chi connectivity index (χ0n) is 16.1. The molecule has 1 spiro atoms. The van der Waals surface area contributed by atoms with E-state index in [2.05, 4.69) is 21.0 Å². The highest BCUT2D eigenvalue weighted by atomic mass is 16.2. The summed E-state index contributed by atoms with van der Waals surface area (Å²) in [6, 6.07) is 2.13. The van der Waals surface area contributed by atoms with Crippen LogP contribution in [0.3, 0.4) is 0 Å². The molecule has 0 unspecified atom stereocenters. The first-order valence-electron chi connectivity index (χ1n) is 10.6. The molecule has 2 aliphatic carbocycles. The fraction of sp³-hybridized carbons (Fsp3) is 0.810. The van der Waals surface area contributed by atoms with Crippen LogP contribution in [0.4, 0.5) is 0 Å². The van der Waals surface area contributed by atoms with E-state index in [1.54, 1.807) is 0 Å². The SMILES string of the molecule is Cn1ccc(CN2CCC3(CC2)CCN(C(=O)C2(C4CC4)CC2)CC3)n1. The van der Waals surface area contributed by atoms with Crippen molar-refractivity contribution in [3.05, 3.63) is 18.0 Å². The van der Waals surface area contributed by atoms with Crippen LogP contribution in [0.2, 0.25) is 0 Å². The maximum absolute atomic E-state index is 13.0. The summed E-state index contributed by atoms with van der Waals surface area (Å²) in [6.07, 6.45) is 12.0. The molecule has 1 amide bonds. The normalized spacial score (nSPS) is 27.7.